The molecule has 9 nitrogen and oxygen atoms in total. The van der Waals surface area contributed by atoms with Gasteiger partial charge in [-0.3, -0.25) is 4.79 Å². The first-order valence-corrected chi connectivity index (χ1v) is 6.42. The monoisotopic (exact) mass is 303 g/mol. The molecule has 1 atom stereocenters. The number of aldehydes is 1. The van der Waals surface area contributed by atoms with Gasteiger partial charge in [0, 0.05) is 6.54 Å². The van der Waals surface area contributed by atoms with Crippen molar-refractivity contribution >= 4 is 24.4 Å². The van der Waals surface area contributed by atoms with Gasteiger partial charge in [0.15, 0.2) is 0 Å². The van der Waals surface area contributed by atoms with Crippen molar-refractivity contribution in [3.8, 4) is 0 Å². The van der Waals surface area contributed by atoms with Crippen molar-refractivity contribution in [3.63, 3.8) is 0 Å². The molecule has 0 rings (SSSR count). The van der Waals surface area contributed by atoms with E-state index in [-0.39, 0.29) is 6.54 Å². The summed E-state index contributed by atoms with van der Waals surface area (Å²) < 4.78 is 8.84. The fourth-order valence-electron chi connectivity index (χ4n) is 1.47. The van der Waals surface area contributed by atoms with Crippen molar-refractivity contribution < 1.29 is 28.7 Å². The van der Waals surface area contributed by atoms with Crippen LogP contribution in [-0.4, -0.2) is 57.7 Å². The van der Waals surface area contributed by atoms with Gasteiger partial charge in [-0.2, -0.15) is 0 Å². The third-order valence-corrected chi connectivity index (χ3v) is 2.53. The van der Waals surface area contributed by atoms with Crippen LogP contribution in [0.25, 0.3) is 0 Å². The van der Waals surface area contributed by atoms with Gasteiger partial charge >= 0.3 is 12.2 Å². The second kappa shape index (κ2) is 11.5. The van der Waals surface area contributed by atoms with Crippen molar-refractivity contribution in [2.45, 2.75) is 25.3 Å². The lowest BCUT2D eigenvalue weighted by Gasteiger charge is -2.17. The molecule has 3 amide bonds. The van der Waals surface area contributed by atoms with E-state index in [0.717, 1.165) is 0 Å². The van der Waals surface area contributed by atoms with Gasteiger partial charge in [-0.1, -0.05) is 0 Å². The third-order valence-electron chi connectivity index (χ3n) is 2.53. The highest BCUT2D eigenvalue weighted by atomic mass is 16.5. The summed E-state index contributed by atoms with van der Waals surface area (Å²) in [6, 6.07) is -0.796. The van der Waals surface area contributed by atoms with Crippen LogP contribution in [-0.2, 0) is 19.1 Å². The molecule has 0 aromatic carbocycles. The van der Waals surface area contributed by atoms with E-state index in [1.807, 2.05) is 0 Å². The summed E-state index contributed by atoms with van der Waals surface area (Å²) in [6.07, 6.45) is 0.829. The van der Waals surface area contributed by atoms with Crippen LogP contribution in [0.4, 0.5) is 9.59 Å². The number of hydrogen-bond donors (Lipinski definition) is 3. The Morgan fingerprint density at radius 2 is 1.71 bits per heavy atom. The highest BCUT2D eigenvalue weighted by molar-refractivity contribution is 5.86. The molecular formula is C12H21N3O6. The van der Waals surface area contributed by atoms with E-state index in [0.29, 0.717) is 32.1 Å². The minimum Gasteiger partial charge on any atom is -0.453 e. The van der Waals surface area contributed by atoms with Crippen LogP contribution in [0.5, 0.6) is 0 Å². The summed E-state index contributed by atoms with van der Waals surface area (Å²) in [5.41, 5.74) is 0. The lowest BCUT2D eigenvalue weighted by atomic mass is 10.1. The van der Waals surface area contributed by atoms with Crippen molar-refractivity contribution in [1.82, 2.24) is 16.0 Å². The summed E-state index contributed by atoms with van der Waals surface area (Å²) in [4.78, 5) is 43.9. The maximum absolute atomic E-state index is 11.7. The molecule has 0 bridgehead atoms. The number of amides is 3. The van der Waals surface area contributed by atoms with Gasteiger partial charge in [0.25, 0.3) is 0 Å². The summed E-state index contributed by atoms with van der Waals surface area (Å²) in [7, 11) is 2.46. The molecule has 1 unspecified atom stereocenters. The Labute approximate surface area is 122 Å². The first kappa shape index (κ1) is 18.7. The van der Waals surface area contributed by atoms with Crippen molar-refractivity contribution in [2.24, 2.45) is 0 Å². The number of carbonyl (C=O) groups is 4. The summed E-state index contributed by atoms with van der Waals surface area (Å²) in [6.45, 7) is 0.273. The molecule has 0 aliphatic carbocycles. The molecule has 0 aliphatic heterocycles. The van der Waals surface area contributed by atoms with Gasteiger partial charge in [0.2, 0.25) is 5.91 Å². The number of hydrogen-bond acceptors (Lipinski definition) is 6. The quantitative estimate of drug-likeness (QED) is 0.392. The van der Waals surface area contributed by atoms with Crippen LogP contribution in [0.1, 0.15) is 19.3 Å². The Kier molecular flexibility index (Phi) is 10.2. The molecule has 120 valence electrons. The van der Waals surface area contributed by atoms with E-state index in [4.69, 9.17) is 0 Å². The Balaban J connectivity index is 4.14. The zero-order chi connectivity index (χ0) is 16.1. The van der Waals surface area contributed by atoms with Crippen molar-refractivity contribution in [3.05, 3.63) is 0 Å². The fraction of sp³-hybridized carbons (Fsp3) is 0.667. The number of methoxy groups -OCH3 is 2. The fourth-order valence-corrected chi connectivity index (χ4v) is 1.47. The van der Waals surface area contributed by atoms with Crippen LogP contribution in [0.3, 0.4) is 0 Å². The molecule has 21 heavy (non-hydrogen) atoms. The average Bonchev–Trinajstić information content (AvgIpc) is 2.50. The molecule has 0 aliphatic rings. The van der Waals surface area contributed by atoms with Gasteiger partial charge < -0.3 is 30.2 Å². The SMILES string of the molecule is COC(=O)NCCCCC(NC(=O)OC)C(=O)NCC=O. The lowest BCUT2D eigenvalue weighted by Crippen LogP contribution is -2.47. The Bertz CT molecular complexity index is 361. The standard InChI is InChI=1S/C12H21N3O6/c1-20-11(18)14-6-4-3-5-9(15-12(19)21-2)10(17)13-7-8-16/h8-9H,3-7H2,1-2H3,(H,13,17)(H,14,18)(H,15,19). The van der Waals surface area contributed by atoms with Crippen LogP contribution in [0, 0.1) is 0 Å². The molecule has 0 saturated carbocycles. The molecule has 0 radical (unpaired) electrons. The Morgan fingerprint density at radius 1 is 1.05 bits per heavy atom. The smallest absolute Gasteiger partial charge is 0.407 e. The van der Waals surface area contributed by atoms with E-state index in [1.165, 1.54) is 14.2 Å². The molecule has 0 aromatic heterocycles. The van der Waals surface area contributed by atoms with Gasteiger partial charge in [-0.05, 0) is 19.3 Å². The minimum absolute atomic E-state index is 0.123. The summed E-state index contributed by atoms with van der Waals surface area (Å²) in [5, 5.41) is 7.25. The highest BCUT2D eigenvalue weighted by Gasteiger charge is 2.20. The third kappa shape index (κ3) is 9.25. The van der Waals surface area contributed by atoms with Gasteiger partial charge in [-0.25, -0.2) is 9.59 Å². The van der Waals surface area contributed by atoms with Crippen LogP contribution < -0.4 is 16.0 Å². The first-order chi connectivity index (χ1) is 10.0. The molecule has 0 heterocycles. The Morgan fingerprint density at radius 3 is 2.29 bits per heavy atom. The largest absolute Gasteiger partial charge is 0.453 e. The Hall–Kier alpha value is -2.32. The van der Waals surface area contributed by atoms with E-state index in [2.05, 4.69) is 25.4 Å². The van der Waals surface area contributed by atoms with Crippen LogP contribution in [0.15, 0.2) is 0 Å². The van der Waals surface area contributed by atoms with Crippen LogP contribution in [0.2, 0.25) is 0 Å². The summed E-state index contributed by atoms with van der Waals surface area (Å²) >= 11 is 0. The maximum atomic E-state index is 11.7. The number of ether oxygens (including phenoxy) is 2. The molecule has 0 saturated heterocycles. The zero-order valence-electron chi connectivity index (χ0n) is 12.1. The molecule has 9 heteroatoms. The number of carbonyl (C=O) groups excluding carboxylic acids is 4. The number of alkyl carbamates (subject to hydrolysis) is 2. The molecule has 0 aromatic rings. The van der Waals surface area contributed by atoms with Gasteiger partial charge in [0.05, 0.1) is 20.8 Å². The molecule has 0 spiro atoms. The number of unbranched alkanes of at least 4 members (excludes halogenated alkanes) is 1. The number of nitrogens with one attached hydrogen (secondary N) is 3. The van der Waals surface area contributed by atoms with Gasteiger partial charge in [-0.15, -0.1) is 0 Å². The van der Waals surface area contributed by atoms with E-state index in [1.54, 1.807) is 0 Å². The predicted octanol–water partition coefficient (Wildman–Crippen LogP) is -0.448. The second-order valence-corrected chi connectivity index (χ2v) is 4.01. The lowest BCUT2D eigenvalue weighted by molar-refractivity contribution is -0.124. The summed E-state index contributed by atoms with van der Waals surface area (Å²) in [5.74, 6) is -0.464. The van der Waals surface area contributed by atoms with Crippen LogP contribution >= 0.6 is 0 Å². The topological polar surface area (TPSA) is 123 Å². The van der Waals surface area contributed by atoms with E-state index < -0.39 is 24.1 Å². The molecule has 3 N–H and O–H groups in total. The van der Waals surface area contributed by atoms with Crippen molar-refractivity contribution in [1.29, 1.82) is 0 Å². The number of rotatable bonds is 9. The predicted molar refractivity (Wildman–Crippen MR) is 72.7 cm³/mol. The van der Waals surface area contributed by atoms with Crippen molar-refractivity contribution in [2.75, 3.05) is 27.3 Å². The first-order valence-electron chi connectivity index (χ1n) is 6.42. The average molecular weight is 303 g/mol. The molecule has 0 fully saturated rings. The normalized spacial score (nSPS) is 11.0. The van der Waals surface area contributed by atoms with E-state index >= 15 is 0 Å². The van der Waals surface area contributed by atoms with Gasteiger partial charge in [0.1, 0.15) is 12.3 Å². The zero-order valence-corrected chi connectivity index (χ0v) is 12.1. The maximum Gasteiger partial charge on any atom is 0.407 e. The second-order valence-electron chi connectivity index (χ2n) is 4.01. The van der Waals surface area contributed by atoms with E-state index in [9.17, 15) is 19.2 Å². The molecular weight excluding hydrogens is 282 g/mol. The highest BCUT2D eigenvalue weighted by Crippen LogP contribution is 2.01. The minimum atomic E-state index is -0.796.